The first-order chi connectivity index (χ1) is 9.74. The van der Waals surface area contributed by atoms with E-state index in [4.69, 9.17) is 5.73 Å². The molecule has 3 heteroatoms. The second-order valence-electron chi connectivity index (χ2n) is 5.26. The summed E-state index contributed by atoms with van der Waals surface area (Å²) in [5.41, 5.74) is 9.63. The quantitative estimate of drug-likeness (QED) is 0.924. The second kappa shape index (κ2) is 5.47. The summed E-state index contributed by atoms with van der Waals surface area (Å²) in [6.07, 6.45) is 0.590. The molecule has 3 nitrogen and oxygen atoms in total. The Labute approximate surface area is 119 Å². The lowest BCUT2D eigenvalue weighted by molar-refractivity contribution is -0.133. The zero-order chi connectivity index (χ0) is 13.9. The van der Waals surface area contributed by atoms with E-state index in [0.29, 0.717) is 19.5 Å². The Balaban J connectivity index is 1.66. The molecule has 0 saturated carbocycles. The summed E-state index contributed by atoms with van der Waals surface area (Å²) in [5, 5.41) is 0. The van der Waals surface area contributed by atoms with Gasteiger partial charge in [0.15, 0.2) is 0 Å². The lowest BCUT2D eigenvalue weighted by atomic mass is 10.1. The van der Waals surface area contributed by atoms with Crippen LogP contribution in [0.2, 0.25) is 0 Å². The van der Waals surface area contributed by atoms with Crippen LogP contribution in [-0.4, -0.2) is 16.8 Å². The van der Waals surface area contributed by atoms with Gasteiger partial charge in [0.25, 0.3) is 0 Å². The van der Waals surface area contributed by atoms with E-state index in [9.17, 15) is 4.79 Å². The first kappa shape index (κ1) is 12.9. The minimum absolute atomic E-state index is 0.0325. The standard InChI is InChI=1S/C17H18N2O/c18-16(10-13-6-2-1-3-7-13)17(20)19-11-14-8-4-5-9-15(14)12-19/h1-9,16H,10-12,18H2. The van der Waals surface area contributed by atoms with E-state index in [1.165, 1.54) is 11.1 Å². The largest absolute Gasteiger partial charge is 0.333 e. The van der Waals surface area contributed by atoms with Gasteiger partial charge in [0.1, 0.15) is 0 Å². The van der Waals surface area contributed by atoms with Crippen LogP contribution in [0.15, 0.2) is 54.6 Å². The Kier molecular flexibility index (Phi) is 3.52. The molecule has 1 aliphatic rings. The predicted molar refractivity (Wildman–Crippen MR) is 78.8 cm³/mol. The van der Waals surface area contributed by atoms with E-state index in [1.807, 2.05) is 47.4 Å². The van der Waals surface area contributed by atoms with Crippen LogP contribution in [0.4, 0.5) is 0 Å². The molecule has 2 N–H and O–H groups in total. The third-order valence-electron chi connectivity index (χ3n) is 3.77. The summed E-state index contributed by atoms with van der Waals surface area (Å²) in [7, 11) is 0. The van der Waals surface area contributed by atoms with E-state index >= 15 is 0 Å². The Morgan fingerprint density at radius 3 is 2.15 bits per heavy atom. The Morgan fingerprint density at radius 2 is 1.55 bits per heavy atom. The van der Waals surface area contributed by atoms with Crippen molar-refractivity contribution in [1.29, 1.82) is 0 Å². The van der Waals surface area contributed by atoms with Gasteiger partial charge in [-0.2, -0.15) is 0 Å². The van der Waals surface area contributed by atoms with Gasteiger partial charge in [-0.05, 0) is 23.1 Å². The Hall–Kier alpha value is -2.13. The number of carbonyl (C=O) groups is 1. The summed E-state index contributed by atoms with van der Waals surface area (Å²) < 4.78 is 0. The maximum absolute atomic E-state index is 12.4. The molecule has 20 heavy (non-hydrogen) atoms. The molecule has 0 saturated heterocycles. The summed E-state index contributed by atoms with van der Waals surface area (Å²) in [6, 6.07) is 17.6. The molecule has 1 amide bonds. The average Bonchev–Trinajstić information content (AvgIpc) is 2.91. The Morgan fingerprint density at radius 1 is 1.00 bits per heavy atom. The van der Waals surface area contributed by atoms with Gasteiger partial charge in [-0.3, -0.25) is 4.79 Å². The molecule has 0 aliphatic carbocycles. The maximum Gasteiger partial charge on any atom is 0.240 e. The lowest BCUT2D eigenvalue weighted by Gasteiger charge is -2.20. The zero-order valence-corrected chi connectivity index (χ0v) is 11.3. The van der Waals surface area contributed by atoms with Crippen molar-refractivity contribution in [2.75, 3.05) is 0 Å². The summed E-state index contributed by atoms with van der Waals surface area (Å²) in [6.45, 7) is 1.36. The molecular weight excluding hydrogens is 248 g/mol. The molecule has 0 radical (unpaired) electrons. The molecule has 1 heterocycles. The highest BCUT2D eigenvalue weighted by Crippen LogP contribution is 2.22. The third kappa shape index (κ3) is 2.58. The second-order valence-corrected chi connectivity index (χ2v) is 5.26. The van der Waals surface area contributed by atoms with Crippen LogP contribution in [0.25, 0.3) is 0 Å². The predicted octanol–water partition coefficient (Wildman–Crippen LogP) is 2.10. The van der Waals surface area contributed by atoms with E-state index in [-0.39, 0.29) is 5.91 Å². The van der Waals surface area contributed by atoms with Gasteiger partial charge in [0.2, 0.25) is 5.91 Å². The number of fused-ring (bicyclic) bond motifs is 1. The number of hydrogen-bond donors (Lipinski definition) is 1. The maximum atomic E-state index is 12.4. The highest BCUT2D eigenvalue weighted by Gasteiger charge is 2.26. The van der Waals surface area contributed by atoms with Crippen molar-refractivity contribution in [3.8, 4) is 0 Å². The number of hydrogen-bond acceptors (Lipinski definition) is 2. The van der Waals surface area contributed by atoms with E-state index in [2.05, 4.69) is 12.1 Å². The van der Waals surface area contributed by atoms with Gasteiger partial charge in [-0.25, -0.2) is 0 Å². The molecule has 2 aromatic rings. The van der Waals surface area contributed by atoms with Gasteiger partial charge in [-0.1, -0.05) is 54.6 Å². The lowest BCUT2D eigenvalue weighted by Crippen LogP contribution is -2.42. The zero-order valence-electron chi connectivity index (χ0n) is 11.3. The minimum Gasteiger partial charge on any atom is -0.333 e. The fraction of sp³-hybridized carbons (Fsp3) is 0.235. The molecule has 102 valence electrons. The molecule has 1 unspecified atom stereocenters. The van der Waals surface area contributed by atoms with Gasteiger partial charge < -0.3 is 10.6 Å². The summed E-state index contributed by atoms with van der Waals surface area (Å²) >= 11 is 0. The first-order valence-electron chi connectivity index (χ1n) is 6.89. The monoisotopic (exact) mass is 266 g/mol. The van der Waals surface area contributed by atoms with Crippen LogP contribution in [-0.2, 0) is 24.3 Å². The molecule has 2 aromatic carbocycles. The smallest absolute Gasteiger partial charge is 0.240 e. The van der Waals surface area contributed by atoms with E-state index < -0.39 is 6.04 Å². The number of carbonyl (C=O) groups excluding carboxylic acids is 1. The highest BCUT2D eigenvalue weighted by molar-refractivity contribution is 5.82. The van der Waals surface area contributed by atoms with Crippen LogP contribution < -0.4 is 5.73 Å². The SMILES string of the molecule is NC(Cc1ccccc1)C(=O)N1Cc2ccccc2C1. The molecule has 3 rings (SSSR count). The summed E-state index contributed by atoms with van der Waals surface area (Å²) in [4.78, 5) is 14.3. The van der Waals surface area contributed by atoms with Crippen LogP contribution in [0, 0.1) is 0 Å². The fourth-order valence-corrected chi connectivity index (χ4v) is 2.68. The first-order valence-corrected chi connectivity index (χ1v) is 6.89. The van der Waals surface area contributed by atoms with Crippen molar-refractivity contribution in [3.63, 3.8) is 0 Å². The van der Waals surface area contributed by atoms with E-state index in [1.54, 1.807) is 0 Å². The molecular formula is C17H18N2O. The van der Waals surface area contributed by atoms with Gasteiger partial charge in [0.05, 0.1) is 6.04 Å². The highest BCUT2D eigenvalue weighted by atomic mass is 16.2. The van der Waals surface area contributed by atoms with E-state index in [0.717, 1.165) is 5.56 Å². The molecule has 0 bridgehead atoms. The summed E-state index contributed by atoms with van der Waals surface area (Å²) in [5.74, 6) is 0.0325. The van der Waals surface area contributed by atoms with Gasteiger partial charge >= 0.3 is 0 Å². The Bertz CT molecular complexity index is 584. The molecule has 0 fully saturated rings. The van der Waals surface area contributed by atoms with Crippen molar-refractivity contribution in [3.05, 3.63) is 71.3 Å². The molecule has 1 aliphatic heterocycles. The van der Waals surface area contributed by atoms with Crippen LogP contribution in [0.1, 0.15) is 16.7 Å². The van der Waals surface area contributed by atoms with Crippen LogP contribution in [0.5, 0.6) is 0 Å². The topological polar surface area (TPSA) is 46.3 Å². The third-order valence-corrected chi connectivity index (χ3v) is 3.77. The molecule has 0 aromatic heterocycles. The van der Waals surface area contributed by atoms with Crippen LogP contribution in [0.3, 0.4) is 0 Å². The van der Waals surface area contributed by atoms with Crippen LogP contribution >= 0.6 is 0 Å². The number of benzene rings is 2. The minimum atomic E-state index is -0.466. The van der Waals surface area contributed by atoms with Gasteiger partial charge in [0, 0.05) is 13.1 Å². The number of nitrogens with two attached hydrogens (primary N) is 1. The van der Waals surface area contributed by atoms with Gasteiger partial charge in [-0.15, -0.1) is 0 Å². The van der Waals surface area contributed by atoms with Crippen molar-refractivity contribution >= 4 is 5.91 Å². The number of amides is 1. The average molecular weight is 266 g/mol. The normalized spacial score (nSPS) is 14.9. The number of nitrogens with zero attached hydrogens (tertiary/aromatic N) is 1. The van der Waals surface area contributed by atoms with Crippen molar-refractivity contribution in [2.24, 2.45) is 5.73 Å². The molecule has 1 atom stereocenters. The fourth-order valence-electron chi connectivity index (χ4n) is 2.68. The number of rotatable bonds is 3. The van der Waals surface area contributed by atoms with Crippen molar-refractivity contribution in [1.82, 2.24) is 4.90 Å². The van der Waals surface area contributed by atoms with Crippen molar-refractivity contribution in [2.45, 2.75) is 25.6 Å². The molecule has 0 spiro atoms. The van der Waals surface area contributed by atoms with Crippen molar-refractivity contribution < 1.29 is 4.79 Å².